The number of pyridine rings is 1. The number of rotatable bonds is 4. The summed E-state index contributed by atoms with van der Waals surface area (Å²) < 4.78 is 0. The SMILES string of the molecule is CCCC1CCC(CN)C(c2cncc3ccccc23)C1. The van der Waals surface area contributed by atoms with E-state index in [2.05, 4.69) is 42.4 Å². The zero-order valence-electron chi connectivity index (χ0n) is 13.0. The summed E-state index contributed by atoms with van der Waals surface area (Å²) in [5, 5.41) is 2.62. The molecular formula is C19H26N2. The second-order valence-corrected chi connectivity index (χ2v) is 6.52. The zero-order chi connectivity index (χ0) is 14.7. The Balaban J connectivity index is 1.97. The van der Waals surface area contributed by atoms with Crippen molar-refractivity contribution in [3.63, 3.8) is 0 Å². The summed E-state index contributed by atoms with van der Waals surface area (Å²) in [6, 6.07) is 8.63. The molecule has 1 saturated carbocycles. The summed E-state index contributed by atoms with van der Waals surface area (Å²) in [4.78, 5) is 4.49. The average molecular weight is 282 g/mol. The minimum absolute atomic E-state index is 0.582. The zero-order valence-corrected chi connectivity index (χ0v) is 13.0. The molecule has 0 aliphatic heterocycles. The molecule has 21 heavy (non-hydrogen) atoms. The predicted molar refractivity (Wildman–Crippen MR) is 89.3 cm³/mol. The van der Waals surface area contributed by atoms with Gasteiger partial charge in [-0.15, -0.1) is 0 Å². The highest BCUT2D eigenvalue weighted by Crippen LogP contribution is 2.43. The quantitative estimate of drug-likeness (QED) is 0.897. The Morgan fingerprint density at radius 1 is 1.19 bits per heavy atom. The van der Waals surface area contributed by atoms with Crippen LogP contribution >= 0.6 is 0 Å². The molecule has 2 N–H and O–H groups in total. The normalized spacial score (nSPS) is 26.1. The van der Waals surface area contributed by atoms with Crippen molar-refractivity contribution in [3.8, 4) is 0 Å². The topological polar surface area (TPSA) is 38.9 Å². The Labute approximate surface area is 127 Å². The average Bonchev–Trinajstić information content (AvgIpc) is 2.54. The number of hydrogen-bond donors (Lipinski definition) is 1. The summed E-state index contributed by atoms with van der Waals surface area (Å²) in [6.07, 6.45) is 10.6. The minimum atomic E-state index is 0.582. The molecule has 0 spiro atoms. The second-order valence-electron chi connectivity index (χ2n) is 6.52. The van der Waals surface area contributed by atoms with E-state index in [0.29, 0.717) is 11.8 Å². The van der Waals surface area contributed by atoms with Crippen molar-refractivity contribution in [1.29, 1.82) is 0 Å². The maximum atomic E-state index is 6.07. The van der Waals surface area contributed by atoms with Gasteiger partial charge in [-0.25, -0.2) is 0 Å². The smallest absolute Gasteiger partial charge is 0.0346 e. The second kappa shape index (κ2) is 6.57. The molecule has 1 fully saturated rings. The van der Waals surface area contributed by atoms with Gasteiger partial charge in [-0.3, -0.25) is 4.98 Å². The lowest BCUT2D eigenvalue weighted by atomic mass is 9.69. The molecule has 1 aromatic carbocycles. The number of fused-ring (bicyclic) bond motifs is 1. The van der Waals surface area contributed by atoms with Crippen molar-refractivity contribution in [2.75, 3.05) is 6.54 Å². The van der Waals surface area contributed by atoms with E-state index in [1.54, 1.807) is 0 Å². The third-order valence-corrected chi connectivity index (χ3v) is 5.20. The molecular weight excluding hydrogens is 256 g/mol. The predicted octanol–water partition coefficient (Wildman–Crippen LogP) is 4.49. The molecule has 3 rings (SSSR count). The fraction of sp³-hybridized carbons (Fsp3) is 0.526. The van der Waals surface area contributed by atoms with Crippen LogP contribution in [0.3, 0.4) is 0 Å². The number of aromatic nitrogens is 1. The van der Waals surface area contributed by atoms with E-state index in [-0.39, 0.29) is 0 Å². The monoisotopic (exact) mass is 282 g/mol. The number of benzene rings is 1. The van der Waals surface area contributed by atoms with Crippen LogP contribution in [0, 0.1) is 11.8 Å². The van der Waals surface area contributed by atoms with Crippen LogP contribution in [0.25, 0.3) is 10.8 Å². The van der Waals surface area contributed by atoms with Gasteiger partial charge < -0.3 is 5.73 Å². The van der Waals surface area contributed by atoms with Gasteiger partial charge in [-0.05, 0) is 48.1 Å². The lowest BCUT2D eigenvalue weighted by Gasteiger charge is -2.36. The van der Waals surface area contributed by atoms with Crippen molar-refractivity contribution in [3.05, 3.63) is 42.2 Å². The van der Waals surface area contributed by atoms with Gasteiger partial charge in [-0.2, -0.15) is 0 Å². The van der Waals surface area contributed by atoms with E-state index in [1.165, 1.54) is 48.4 Å². The molecule has 2 nitrogen and oxygen atoms in total. The van der Waals surface area contributed by atoms with Crippen molar-refractivity contribution >= 4 is 10.8 Å². The maximum absolute atomic E-state index is 6.07. The Kier molecular flexibility index (Phi) is 4.54. The summed E-state index contributed by atoms with van der Waals surface area (Å²) >= 11 is 0. The van der Waals surface area contributed by atoms with Gasteiger partial charge in [0.2, 0.25) is 0 Å². The summed E-state index contributed by atoms with van der Waals surface area (Å²) in [7, 11) is 0. The third-order valence-electron chi connectivity index (χ3n) is 5.20. The molecule has 0 amide bonds. The first-order valence-electron chi connectivity index (χ1n) is 8.36. The minimum Gasteiger partial charge on any atom is -0.330 e. The Hall–Kier alpha value is -1.41. The molecule has 2 heteroatoms. The molecule has 1 aliphatic carbocycles. The summed E-state index contributed by atoms with van der Waals surface area (Å²) in [6.45, 7) is 3.09. The number of nitrogens with zero attached hydrogens (tertiary/aromatic N) is 1. The summed E-state index contributed by atoms with van der Waals surface area (Å²) in [5.41, 5.74) is 7.49. The van der Waals surface area contributed by atoms with Gasteiger partial charge >= 0.3 is 0 Å². The number of hydrogen-bond acceptors (Lipinski definition) is 2. The van der Waals surface area contributed by atoms with E-state index in [0.717, 1.165) is 12.5 Å². The highest BCUT2D eigenvalue weighted by atomic mass is 14.6. The van der Waals surface area contributed by atoms with Crippen LogP contribution in [0.4, 0.5) is 0 Å². The molecule has 0 radical (unpaired) electrons. The van der Waals surface area contributed by atoms with Crippen molar-refractivity contribution < 1.29 is 0 Å². The van der Waals surface area contributed by atoms with Crippen LogP contribution in [0.1, 0.15) is 50.5 Å². The Morgan fingerprint density at radius 3 is 2.86 bits per heavy atom. The van der Waals surface area contributed by atoms with Crippen LogP contribution in [0.15, 0.2) is 36.7 Å². The molecule has 112 valence electrons. The molecule has 0 bridgehead atoms. The standard InChI is InChI=1S/C19H26N2/c1-2-5-14-8-9-15(11-20)18(10-14)19-13-21-12-16-6-3-4-7-17(16)19/h3-4,6-7,12-15,18H,2,5,8-11,20H2,1H3. The molecule has 2 aromatic rings. The van der Waals surface area contributed by atoms with Crippen LogP contribution in [-0.4, -0.2) is 11.5 Å². The molecule has 1 aromatic heterocycles. The lowest BCUT2D eigenvalue weighted by Crippen LogP contribution is -2.29. The third kappa shape index (κ3) is 2.96. The first kappa shape index (κ1) is 14.5. The molecule has 3 atom stereocenters. The van der Waals surface area contributed by atoms with Gasteiger partial charge in [0.25, 0.3) is 0 Å². The van der Waals surface area contributed by atoms with Crippen molar-refractivity contribution in [2.24, 2.45) is 17.6 Å². The molecule has 1 aliphatic rings. The van der Waals surface area contributed by atoms with Gasteiger partial charge in [0.05, 0.1) is 0 Å². The van der Waals surface area contributed by atoms with E-state index in [9.17, 15) is 0 Å². The van der Waals surface area contributed by atoms with Crippen molar-refractivity contribution in [2.45, 2.75) is 44.9 Å². The van der Waals surface area contributed by atoms with Crippen molar-refractivity contribution in [1.82, 2.24) is 4.98 Å². The van der Waals surface area contributed by atoms with Crippen LogP contribution < -0.4 is 5.73 Å². The summed E-state index contributed by atoms with van der Waals surface area (Å²) in [5.74, 6) is 2.06. The molecule has 1 heterocycles. The molecule has 3 unspecified atom stereocenters. The van der Waals surface area contributed by atoms with E-state index in [4.69, 9.17) is 5.73 Å². The maximum Gasteiger partial charge on any atom is 0.0346 e. The van der Waals surface area contributed by atoms with Gasteiger partial charge in [0, 0.05) is 17.8 Å². The molecule has 0 saturated heterocycles. The highest BCUT2D eigenvalue weighted by molar-refractivity contribution is 5.85. The fourth-order valence-electron chi connectivity index (χ4n) is 4.09. The first-order chi connectivity index (χ1) is 10.3. The Bertz CT molecular complexity index is 588. The fourth-order valence-corrected chi connectivity index (χ4v) is 4.09. The van der Waals surface area contributed by atoms with E-state index >= 15 is 0 Å². The van der Waals surface area contributed by atoms with Crippen LogP contribution in [0.2, 0.25) is 0 Å². The van der Waals surface area contributed by atoms with Gasteiger partial charge in [0.15, 0.2) is 0 Å². The first-order valence-corrected chi connectivity index (χ1v) is 8.36. The van der Waals surface area contributed by atoms with Gasteiger partial charge in [0.1, 0.15) is 0 Å². The van der Waals surface area contributed by atoms with Gasteiger partial charge in [-0.1, -0.05) is 50.5 Å². The van der Waals surface area contributed by atoms with Crippen LogP contribution in [0.5, 0.6) is 0 Å². The largest absolute Gasteiger partial charge is 0.330 e. The van der Waals surface area contributed by atoms with Crippen LogP contribution in [-0.2, 0) is 0 Å². The Morgan fingerprint density at radius 2 is 2.05 bits per heavy atom. The highest BCUT2D eigenvalue weighted by Gasteiger charge is 2.31. The number of nitrogens with two attached hydrogens (primary N) is 1. The lowest BCUT2D eigenvalue weighted by molar-refractivity contribution is 0.231. The van der Waals surface area contributed by atoms with E-state index in [1.807, 2.05) is 6.20 Å². The van der Waals surface area contributed by atoms with E-state index < -0.39 is 0 Å².